The molecule has 2 rings (SSSR count). The van der Waals surface area contributed by atoms with Crippen molar-refractivity contribution in [2.75, 3.05) is 7.05 Å². The number of carbonyl (C=O) groups is 1. The maximum Gasteiger partial charge on any atom is 0.257 e. The van der Waals surface area contributed by atoms with Crippen LogP contribution in [0.5, 0.6) is 0 Å². The first-order valence-corrected chi connectivity index (χ1v) is 5.53. The molecular weight excluding hydrogens is 238 g/mol. The molecular formula is C12H12ClN3O. The molecule has 0 aliphatic carbocycles. The Morgan fingerprint density at radius 1 is 1.53 bits per heavy atom. The predicted octanol–water partition coefficient (Wildman–Crippen LogP) is 2.34. The van der Waals surface area contributed by atoms with Gasteiger partial charge in [0.05, 0.1) is 11.8 Å². The van der Waals surface area contributed by atoms with Gasteiger partial charge in [-0.15, -0.1) is 0 Å². The second-order valence-electron chi connectivity index (χ2n) is 3.78. The number of aromatic amines is 1. The Morgan fingerprint density at radius 2 is 2.35 bits per heavy atom. The summed E-state index contributed by atoms with van der Waals surface area (Å²) in [5, 5.41) is 7.05. The molecule has 5 heteroatoms. The summed E-state index contributed by atoms with van der Waals surface area (Å²) in [6.45, 7) is 0.518. The van der Waals surface area contributed by atoms with E-state index in [1.54, 1.807) is 18.1 Å². The Morgan fingerprint density at radius 3 is 3.00 bits per heavy atom. The maximum atomic E-state index is 11.9. The molecule has 1 aromatic carbocycles. The molecule has 0 aliphatic rings. The zero-order valence-electron chi connectivity index (χ0n) is 9.35. The highest BCUT2D eigenvalue weighted by Gasteiger charge is 2.12. The first kappa shape index (κ1) is 11.7. The molecule has 0 aliphatic heterocycles. The van der Waals surface area contributed by atoms with Crippen LogP contribution < -0.4 is 0 Å². The Labute approximate surface area is 104 Å². The number of carbonyl (C=O) groups excluding carboxylic acids is 1. The number of aromatic nitrogens is 2. The van der Waals surface area contributed by atoms with E-state index in [0.717, 1.165) is 5.56 Å². The molecule has 4 nitrogen and oxygen atoms in total. The number of amides is 1. The van der Waals surface area contributed by atoms with Crippen molar-refractivity contribution in [2.45, 2.75) is 6.54 Å². The van der Waals surface area contributed by atoms with Gasteiger partial charge in [-0.1, -0.05) is 23.7 Å². The van der Waals surface area contributed by atoms with Crippen molar-refractivity contribution >= 4 is 17.5 Å². The van der Waals surface area contributed by atoms with E-state index in [2.05, 4.69) is 10.2 Å². The fourth-order valence-corrected chi connectivity index (χ4v) is 1.78. The maximum absolute atomic E-state index is 11.9. The van der Waals surface area contributed by atoms with Gasteiger partial charge in [-0.05, 0) is 17.7 Å². The quantitative estimate of drug-likeness (QED) is 0.908. The second-order valence-corrected chi connectivity index (χ2v) is 4.21. The summed E-state index contributed by atoms with van der Waals surface area (Å²) in [6.07, 6.45) is 3.09. The lowest BCUT2D eigenvalue weighted by Crippen LogP contribution is -2.25. The average Bonchev–Trinajstić information content (AvgIpc) is 2.81. The van der Waals surface area contributed by atoms with Crippen molar-refractivity contribution in [3.63, 3.8) is 0 Å². The molecule has 88 valence electrons. The number of halogens is 1. The van der Waals surface area contributed by atoms with E-state index in [1.807, 2.05) is 24.3 Å². The van der Waals surface area contributed by atoms with Crippen LogP contribution in [0.2, 0.25) is 5.02 Å². The van der Waals surface area contributed by atoms with Crippen LogP contribution in [0.15, 0.2) is 36.7 Å². The van der Waals surface area contributed by atoms with Crippen LogP contribution in [-0.4, -0.2) is 28.1 Å². The minimum atomic E-state index is -0.0706. The number of hydrogen-bond acceptors (Lipinski definition) is 2. The first-order chi connectivity index (χ1) is 8.16. The molecule has 0 bridgehead atoms. The van der Waals surface area contributed by atoms with Crippen LogP contribution in [0.25, 0.3) is 0 Å². The fourth-order valence-electron chi connectivity index (χ4n) is 1.57. The summed E-state index contributed by atoms with van der Waals surface area (Å²) in [5.74, 6) is -0.0706. The number of nitrogens with one attached hydrogen (secondary N) is 1. The third kappa shape index (κ3) is 2.85. The topological polar surface area (TPSA) is 49.0 Å². The van der Waals surface area contributed by atoms with Gasteiger partial charge in [-0.2, -0.15) is 5.10 Å². The SMILES string of the molecule is CN(Cc1cccc(Cl)c1)C(=O)c1cn[nH]c1. The highest BCUT2D eigenvalue weighted by Crippen LogP contribution is 2.13. The second kappa shape index (κ2) is 5.01. The van der Waals surface area contributed by atoms with Crippen molar-refractivity contribution in [1.29, 1.82) is 0 Å². The summed E-state index contributed by atoms with van der Waals surface area (Å²) in [5.41, 5.74) is 1.55. The van der Waals surface area contributed by atoms with E-state index in [9.17, 15) is 4.79 Å². The van der Waals surface area contributed by atoms with Crippen molar-refractivity contribution in [3.8, 4) is 0 Å². The molecule has 17 heavy (non-hydrogen) atoms. The van der Waals surface area contributed by atoms with E-state index in [-0.39, 0.29) is 5.91 Å². The number of H-pyrrole nitrogens is 1. The van der Waals surface area contributed by atoms with E-state index < -0.39 is 0 Å². The summed E-state index contributed by atoms with van der Waals surface area (Å²) >= 11 is 5.89. The molecule has 0 atom stereocenters. The molecule has 1 amide bonds. The Balaban J connectivity index is 2.07. The molecule has 0 spiro atoms. The standard InChI is InChI=1S/C12H12ClN3O/c1-16(12(17)10-6-14-15-7-10)8-9-3-2-4-11(13)5-9/h2-7H,8H2,1H3,(H,14,15). The monoisotopic (exact) mass is 249 g/mol. The van der Waals surface area contributed by atoms with Crippen molar-refractivity contribution in [3.05, 3.63) is 52.8 Å². The first-order valence-electron chi connectivity index (χ1n) is 5.15. The molecule has 0 saturated carbocycles. The van der Waals surface area contributed by atoms with Crippen LogP contribution in [0.1, 0.15) is 15.9 Å². The summed E-state index contributed by atoms with van der Waals surface area (Å²) in [4.78, 5) is 13.5. The van der Waals surface area contributed by atoms with Crippen LogP contribution in [0.4, 0.5) is 0 Å². The van der Waals surface area contributed by atoms with Gasteiger partial charge in [-0.25, -0.2) is 0 Å². The largest absolute Gasteiger partial charge is 0.337 e. The van der Waals surface area contributed by atoms with Gasteiger partial charge in [0.15, 0.2) is 0 Å². The summed E-state index contributed by atoms with van der Waals surface area (Å²) < 4.78 is 0. The van der Waals surface area contributed by atoms with Crippen LogP contribution in [-0.2, 0) is 6.54 Å². The normalized spacial score (nSPS) is 10.2. The molecule has 0 fully saturated rings. The van der Waals surface area contributed by atoms with Crippen LogP contribution in [0, 0.1) is 0 Å². The minimum Gasteiger partial charge on any atom is -0.337 e. The average molecular weight is 250 g/mol. The zero-order chi connectivity index (χ0) is 12.3. The molecule has 0 unspecified atom stereocenters. The van der Waals surface area contributed by atoms with E-state index in [1.165, 1.54) is 6.20 Å². The highest BCUT2D eigenvalue weighted by molar-refractivity contribution is 6.30. The number of benzene rings is 1. The third-order valence-corrected chi connectivity index (χ3v) is 2.64. The molecule has 0 radical (unpaired) electrons. The molecule has 0 saturated heterocycles. The van der Waals surface area contributed by atoms with Gasteiger partial charge in [0.25, 0.3) is 5.91 Å². The number of rotatable bonds is 3. The van der Waals surface area contributed by atoms with Gasteiger partial charge in [0.2, 0.25) is 0 Å². The third-order valence-electron chi connectivity index (χ3n) is 2.40. The van der Waals surface area contributed by atoms with Crippen molar-refractivity contribution in [2.24, 2.45) is 0 Å². The molecule has 1 N–H and O–H groups in total. The lowest BCUT2D eigenvalue weighted by molar-refractivity contribution is 0.0785. The van der Waals surface area contributed by atoms with E-state index in [0.29, 0.717) is 17.1 Å². The van der Waals surface area contributed by atoms with Gasteiger partial charge in [0, 0.05) is 24.8 Å². The van der Waals surface area contributed by atoms with Crippen molar-refractivity contribution in [1.82, 2.24) is 15.1 Å². The minimum absolute atomic E-state index is 0.0706. The van der Waals surface area contributed by atoms with Gasteiger partial charge in [0.1, 0.15) is 0 Å². The van der Waals surface area contributed by atoms with Gasteiger partial charge in [-0.3, -0.25) is 9.89 Å². The Hall–Kier alpha value is -1.81. The van der Waals surface area contributed by atoms with E-state index in [4.69, 9.17) is 11.6 Å². The van der Waals surface area contributed by atoms with Gasteiger partial charge < -0.3 is 4.90 Å². The fraction of sp³-hybridized carbons (Fsp3) is 0.167. The van der Waals surface area contributed by atoms with Crippen LogP contribution >= 0.6 is 11.6 Å². The lowest BCUT2D eigenvalue weighted by Gasteiger charge is -2.16. The van der Waals surface area contributed by atoms with Crippen LogP contribution in [0.3, 0.4) is 0 Å². The summed E-state index contributed by atoms with van der Waals surface area (Å²) in [7, 11) is 1.75. The van der Waals surface area contributed by atoms with E-state index >= 15 is 0 Å². The number of nitrogens with zero attached hydrogens (tertiary/aromatic N) is 2. The predicted molar refractivity (Wildman–Crippen MR) is 65.8 cm³/mol. The lowest BCUT2D eigenvalue weighted by atomic mass is 10.2. The molecule has 1 aromatic heterocycles. The van der Waals surface area contributed by atoms with Crippen molar-refractivity contribution < 1.29 is 4.79 Å². The zero-order valence-corrected chi connectivity index (χ0v) is 10.1. The Bertz CT molecular complexity index is 510. The molecule has 2 aromatic rings. The smallest absolute Gasteiger partial charge is 0.257 e. The number of hydrogen-bond donors (Lipinski definition) is 1. The Kier molecular flexibility index (Phi) is 3.44. The van der Waals surface area contributed by atoms with Gasteiger partial charge >= 0.3 is 0 Å². The summed E-state index contributed by atoms with van der Waals surface area (Å²) in [6, 6.07) is 7.46. The molecule has 1 heterocycles. The highest BCUT2D eigenvalue weighted by atomic mass is 35.5.